The number of rotatable bonds is 5. The lowest BCUT2D eigenvalue weighted by Gasteiger charge is -2.22. The number of hydrogen-bond acceptors (Lipinski definition) is 1. The summed E-state index contributed by atoms with van der Waals surface area (Å²) in [6.07, 6.45) is 5.11. The summed E-state index contributed by atoms with van der Waals surface area (Å²) in [4.78, 5) is 14.7. The topological polar surface area (TPSA) is 20.3 Å². The van der Waals surface area contributed by atoms with Crippen LogP contribution in [0.2, 0.25) is 0 Å². The SMILES string of the molecule is O=C(C1C2CCCCC21)N(CCCl)Cc1ccccc1. The summed E-state index contributed by atoms with van der Waals surface area (Å²) in [5, 5.41) is 0. The number of carbonyl (C=O) groups is 1. The lowest BCUT2D eigenvalue weighted by atomic mass is 10.0. The average Bonchev–Trinajstić information content (AvgIpc) is 3.21. The summed E-state index contributed by atoms with van der Waals surface area (Å²) in [6.45, 7) is 1.35. The van der Waals surface area contributed by atoms with Crippen LogP contribution in [0.4, 0.5) is 0 Å². The number of alkyl halides is 1. The Morgan fingerprint density at radius 3 is 2.40 bits per heavy atom. The number of carbonyl (C=O) groups excluding carboxylic acids is 1. The molecule has 0 bridgehead atoms. The van der Waals surface area contributed by atoms with E-state index in [9.17, 15) is 4.79 Å². The van der Waals surface area contributed by atoms with E-state index in [1.807, 2.05) is 23.1 Å². The van der Waals surface area contributed by atoms with Gasteiger partial charge in [0.05, 0.1) is 0 Å². The quantitative estimate of drug-likeness (QED) is 0.758. The zero-order valence-corrected chi connectivity index (χ0v) is 12.6. The molecule has 20 heavy (non-hydrogen) atoms. The molecular formula is C17H22ClNO. The zero-order valence-electron chi connectivity index (χ0n) is 11.8. The van der Waals surface area contributed by atoms with E-state index in [1.54, 1.807) is 0 Å². The van der Waals surface area contributed by atoms with Gasteiger partial charge >= 0.3 is 0 Å². The van der Waals surface area contributed by atoms with Crippen molar-refractivity contribution in [3.05, 3.63) is 35.9 Å². The van der Waals surface area contributed by atoms with Crippen molar-refractivity contribution in [2.75, 3.05) is 12.4 Å². The second-order valence-corrected chi connectivity index (χ2v) is 6.45. The first-order chi connectivity index (χ1) is 9.81. The molecule has 0 saturated heterocycles. The highest BCUT2D eigenvalue weighted by Gasteiger charge is 2.55. The van der Waals surface area contributed by atoms with Gasteiger partial charge in [-0.05, 0) is 30.2 Å². The lowest BCUT2D eigenvalue weighted by molar-refractivity contribution is -0.133. The van der Waals surface area contributed by atoms with Crippen LogP contribution in [0.15, 0.2) is 30.3 Å². The Labute approximate surface area is 126 Å². The highest BCUT2D eigenvalue weighted by Crippen LogP contribution is 2.56. The van der Waals surface area contributed by atoms with Crippen LogP contribution in [-0.4, -0.2) is 23.2 Å². The summed E-state index contributed by atoms with van der Waals surface area (Å²) in [5.74, 6) is 2.49. The summed E-state index contributed by atoms with van der Waals surface area (Å²) >= 11 is 5.89. The van der Waals surface area contributed by atoms with Gasteiger partial charge in [-0.3, -0.25) is 4.79 Å². The summed E-state index contributed by atoms with van der Waals surface area (Å²) in [6, 6.07) is 10.2. The van der Waals surface area contributed by atoms with Crippen molar-refractivity contribution in [1.82, 2.24) is 4.90 Å². The van der Waals surface area contributed by atoms with Crippen molar-refractivity contribution in [1.29, 1.82) is 0 Å². The second-order valence-electron chi connectivity index (χ2n) is 6.07. The van der Waals surface area contributed by atoms with Crippen molar-refractivity contribution in [3.8, 4) is 0 Å². The standard InChI is InChI=1S/C17H22ClNO/c18-10-11-19(12-13-6-2-1-3-7-13)17(20)16-14-8-4-5-9-15(14)16/h1-3,6-7,14-16H,4-5,8-12H2. The van der Waals surface area contributed by atoms with E-state index < -0.39 is 0 Å². The molecule has 1 amide bonds. The third-order valence-electron chi connectivity index (χ3n) is 4.82. The molecule has 2 atom stereocenters. The van der Waals surface area contributed by atoms with E-state index in [1.165, 1.54) is 31.2 Å². The first-order valence-corrected chi connectivity index (χ1v) is 8.23. The molecule has 0 spiro atoms. The molecule has 0 N–H and O–H groups in total. The number of amides is 1. The van der Waals surface area contributed by atoms with Gasteiger partial charge in [0.2, 0.25) is 5.91 Å². The molecule has 1 aromatic rings. The monoisotopic (exact) mass is 291 g/mol. The Hall–Kier alpha value is -1.02. The van der Waals surface area contributed by atoms with Gasteiger partial charge in [0, 0.05) is 24.9 Å². The minimum atomic E-state index is 0.296. The molecule has 2 nitrogen and oxygen atoms in total. The van der Waals surface area contributed by atoms with Crippen LogP contribution >= 0.6 is 11.6 Å². The van der Waals surface area contributed by atoms with E-state index in [0.717, 1.165) is 0 Å². The molecule has 2 unspecified atom stereocenters. The molecule has 0 radical (unpaired) electrons. The van der Waals surface area contributed by atoms with Crippen molar-refractivity contribution in [2.24, 2.45) is 17.8 Å². The lowest BCUT2D eigenvalue weighted by Crippen LogP contribution is -2.34. The van der Waals surface area contributed by atoms with Crippen LogP contribution in [0.5, 0.6) is 0 Å². The average molecular weight is 292 g/mol. The maximum absolute atomic E-state index is 12.7. The van der Waals surface area contributed by atoms with E-state index >= 15 is 0 Å². The van der Waals surface area contributed by atoms with Crippen LogP contribution in [0.1, 0.15) is 31.2 Å². The fraction of sp³-hybridized carbons (Fsp3) is 0.588. The molecule has 3 heteroatoms. The summed E-state index contributed by atoms with van der Waals surface area (Å²) in [7, 11) is 0. The van der Waals surface area contributed by atoms with Gasteiger partial charge in [0.15, 0.2) is 0 Å². The normalized spacial score (nSPS) is 27.8. The largest absolute Gasteiger partial charge is 0.337 e. The van der Waals surface area contributed by atoms with Gasteiger partial charge in [-0.15, -0.1) is 11.6 Å². The number of benzene rings is 1. The van der Waals surface area contributed by atoms with Crippen LogP contribution < -0.4 is 0 Å². The first-order valence-electron chi connectivity index (χ1n) is 7.70. The first kappa shape index (κ1) is 13.9. The van der Waals surface area contributed by atoms with Crippen molar-refractivity contribution < 1.29 is 4.79 Å². The number of halogens is 1. The molecule has 0 aromatic heterocycles. The van der Waals surface area contributed by atoms with Crippen LogP contribution in [-0.2, 0) is 11.3 Å². The van der Waals surface area contributed by atoms with Crippen molar-refractivity contribution in [3.63, 3.8) is 0 Å². The van der Waals surface area contributed by atoms with Gasteiger partial charge in [0.1, 0.15) is 0 Å². The number of fused-ring (bicyclic) bond motifs is 1. The molecule has 0 heterocycles. The molecule has 2 aliphatic rings. The molecule has 1 aromatic carbocycles. The molecule has 3 rings (SSSR count). The minimum absolute atomic E-state index is 0.296. The van der Waals surface area contributed by atoms with Crippen LogP contribution in [0.3, 0.4) is 0 Å². The maximum Gasteiger partial charge on any atom is 0.226 e. The third-order valence-corrected chi connectivity index (χ3v) is 4.99. The van der Waals surface area contributed by atoms with Gasteiger partial charge in [0.25, 0.3) is 0 Å². The Morgan fingerprint density at radius 1 is 1.15 bits per heavy atom. The van der Waals surface area contributed by atoms with Gasteiger partial charge in [-0.25, -0.2) is 0 Å². The Bertz CT molecular complexity index is 449. The van der Waals surface area contributed by atoms with Crippen LogP contribution in [0, 0.1) is 17.8 Å². The fourth-order valence-electron chi connectivity index (χ4n) is 3.74. The van der Waals surface area contributed by atoms with E-state index in [0.29, 0.717) is 42.6 Å². The number of hydrogen-bond donors (Lipinski definition) is 0. The third kappa shape index (κ3) is 2.85. The highest BCUT2D eigenvalue weighted by molar-refractivity contribution is 6.18. The summed E-state index contributed by atoms with van der Waals surface area (Å²) in [5.41, 5.74) is 1.19. The fourth-order valence-corrected chi connectivity index (χ4v) is 3.95. The van der Waals surface area contributed by atoms with E-state index in [4.69, 9.17) is 11.6 Å². The molecule has 2 aliphatic carbocycles. The Morgan fingerprint density at radius 2 is 1.80 bits per heavy atom. The predicted molar refractivity (Wildman–Crippen MR) is 81.5 cm³/mol. The molecule has 108 valence electrons. The molecule has 0 aliphatic heterocycles. The van der Waals surface area contributed by atoms with Gasteiger partial charge in [-0.2, -0.15) is 0 Å². The highest BCUT2D eigenvalue weighted by atomic mass is 35.5. The number of nitrogens with zero attached hydrogens (tertiary/aromatic N) is 1. The smallest absolute Gasteiger partial charge is 0.226 e. The second kappa shape index (κ2) is 6.17. The molecular weight excluding hydrogens is 270 g/mol. The summed E-state index contributed by atoms with van der Waals surface area (Å²) < 4.78 is 0. The molecule has 2 fully saturated rings. The van der Waals surface area contributed by atoms with E-state index in [2.05, 4.69) is 12.1 Å². The van der Waals surface area contributed by atoms with Gasteiger partial charge < -0.3 is 4.90 Å². The van der Waals surface area contributed by atoms with Crippen molar-refractivity contribution in [2.45, 2.75) is 32.2 Å². The van der Waals surface area contributed by atoms with Crippen LogP contribution in [0.25, 0.3) is 0 Å². The predicted octanol–water partition coefficient (Wildman–Crippen LogP) is 3.69. The minimum Gasteiger partial charge on any atom is -0.337 e. The zero-order chi connectivity index (χ0) is 13.9. The van der Waals surface area contributed by atoms with E-state index in [-0.39, 0.29) is 0 Å². The Balaban J connectivity index is 1.66. The Kier molecular flexibility index (Phi) is 4.30. The van der Waals surface area contributed by atoms with Gasteiger partial charge in [-0.1, -0.05) is 43.2 Å². The molecule has 2 saturated carbocycles. The van der Waals surface area contributed by atoms with Crippen molar-refractivity contribution >= 4 is 17.5 Å². The maximum atomic E-state index is 12.7.